The molecule has 2 saturated heterocycles. The van der Waals surface area contributed by atoms with Gasteiger partial charge in [-0.05, 0) is 43.9 Å². The van der Waals surface area contributed by atoms with E-state index in [2.05, 4.69) is 4.90 Å². The van der Waals surface area contributed by atoms with Gasteiger partial charge in [-0.15, -0.1) is 0 Å². The lowest BCUT2D eigenvalue weighted by Crippen LogP contribution is -2.60. The molecule has 1 aromatic carbocycles. The molecule has 4 rings (SSSR count). The Balaban J connectivity index is 1.43. The van der Waals surface area contributed by atoms with E-state index in [0.717, 1.165) is 32.0 Å². The average molecular weight is 346 g/mol. The van der Waals surface area contributed by atoms with Crippen LogP contribution in [0.5, 0.6) is 0 Å². The molecule has 0 bridgehead atoms. The standard InChI is InChI=1S/C20H27FN2O2/c21-16-5-4-8-18(13-16)23-15-20(25-14-19(23)24)9-11-22(12-10-20)17-6-2-1-3-7-17/h4-5,8,13,17H,1-3,6-7,9-12,14-15H2. The Morgan fingerprint density at radius 2 is 1.88 bits per heavy atom. The molecular weight excluding hydrogens is 319 g/mol. The lowest BCUT2D eigenvalue weighted by molar-refractivity contribution is -0.145. The summed E-state index contributed by atoms with van der Waals surface area (Å²) in [6.07, 6.45) is 8.62. The summed E-state index contributed by atoms with van der Waals surface area (Å²) in [5.74, 6) is -0.385. The van der Waals surface area contributed by atoms with Crippen LogP contribution in [0.1, 0.15) is 44.9 Å². The fourth-order valence-corrected chi connectivity index (χ4v) is 4.64. The third-order valence-electron chi connectivity index (χ3n) is 6.17. The number of hydrogen-bond acceptors (Lipinski definition) is 3. The molecule has 0 atom stereocenters. The van der Waals surface area contributed by atoms with E-state index in [1.165, 1.54) is 44.2 Å². The number of ether oxygens (including phenoxy) is 1. The molecule has 5 heteroatoms. The molecule has 136 valence electrons. The Kier molecular flexibility index (Phi) is 4.78. The SMILES string of the molecule is O=C1COC2(CCN(C3CCCCC3)CC2)CN1c1cccc(F)c1. The first-order valence-electron chi connectivity index (χ1n) is 9.59. The van der Waals surface area contributed by atoms with E-state index in [-0.39, 0.29) is 23.9 Å². The lowest BCUT2D eigenvalue weighted by atomic mass is 9.86. The zero-order chi connectivity index (χ0) is 17.3. The van der Waals surface area contributed by atoms with E-state index in [0.29, 0.717) is 12.2 Å². The van der Waals surface area contributed by atoms with Crippen molar-refractivity contribution in [2.24, 2.45) is 0 Å². The van der Waals surface area contributed by atoms with E-state index < -0.39 is 0 Å². The molecule has 4 nitrogen and oxygen atoms in total. The monoisotopic (exact) mass is 346 g/mol. The van der Waals surface area contributed by atoms with Crippen molar-refractivity contribution in [2.75, 3.05) is 31.1 Å². The minimum Gasteiger partial charge on any atom is -0.363 e. The third-order valence-corrected chi connectivity index (χ3v) is 6.17. The van der Waals surface area contributed by atoms with Gasteiger partial charge in [0.25, 0.3) is 5.91 Å². The number of amides is 1. The number of rotatable bonds is 2. The molecule has 25 heavy (non-hydrogen) atoms. The second-order valence-electron chi connectivity index (χ2n) is 7.76. The van der Waals surface area contributed by atoms with Crippen molar-refractivity contribution in [1.29, 1.82) is 0 Å². The Morgan fingerprint density at radius 1 is 1.12 bits per heavy atom. The molecule has 1 aromatic rings. The van der Waals surface area contributed by atoms with Gasteiger partial charge in [0, 0.05) is 24.8 Å². The summed E-state index contributed by atoms with van der Waals surface area (Å²) in [5.41, 5.74) is 0.369. The Morgan fingerprint density at radius 3 is 2.60 bits per heavy atom. The first-order valence-corrected chi connectivity index (χ1v) is 9.59. The normalized spacial score (nSPS) is 25.5. The number of carbonyl (C=O) groups excluding carboxylic acids is 1. The number of carbonyl (C=O) groups is 1. The van der Waals surface area contributed by atoms with Gasteiger partial charge in [-0.1, -0.05) is 25.3 Å². The van der Waals surface area contributed by atoms with E-state index in [9.17, 15) is 9.18 Å². The molecule has 0 unspecified atom stereocenters. The zero-order valence-electron chi connectivity index (χ0n) is 14.8. The second kappa shape index (κ2) is 7.04. The van der Waals surface area contributed by atoms with Gasteiger partial charge >= 0.3 is 0 Å². The van der Waals surface area contributed by atoms with Crippen LogP contribution in [0.15, 0.2) is 24.3 Å². The number of nitrogens with zero attached hydrogens (tertiary/aromatic N) is 2. The van der Waals surface area contributed by atoms with E-state index >= 15 is 0 Å². The van der Waals surface area contributed by atoms with E-state index in [1.54, 1.807) is 17.0 Å². The Hall–Kier alpha value is -1.46. The fraction of sp³-hybridized carbons (Fsp3) is 0.650. The van der Waals surface area contributed by atoms with Crippen LogP contribution < -0.4 is 4.90 Å². The van der Waals surface area contributed by atoms with Gasteiger partial charge < -0.3 is 14.5 Å². The number of morpholine rings is 1. The summed E-state index contributed by atoms with van der Waals surface area (Å²) < 4.78 is 19.6. The maximum absolute atomic E-state index is 13.6. The number of anilines is 1. The van der Waals surface area contributed by atoms with Crippen molar-refractivity contribution in [3.05, 3.63) is 30.1 Å². The van der Waals surface area contributed by atoms with Crippen LogP contribution in [0.3, 0.4) is 0 Å². The number of halogens is 1. The van der Waals surface area contributed by atoms with Crippen molar-refractivity contribution < 1.29 is 13.9 Å². The maximum atomic E-state index is 13.6. The predicted molar refractivity (Wildman–Crippen MR) is 95.1 cm³/mol. The van der Waals surface area contributed by atoms with Crippen LogP contribution in [-0.4, -0.2) is 48.7 Å². The van der Waals surface area contributed by atoms with Crippen LogP contribution in [0.25, 0.3) is 0 Å². The summed E-state index contributed by atoms with van der Waals surface area (Å²) >= 11 is 0. The molecule has 1 spiro atoms. The van der Waals surface area contributed by atoms with Crippen LogP contribution in [-0.2, 0) is 9.53 Å². The predicted octanol–water partition coefficient (Wildman–Crippen LogP) is 3.36. The van der Waals surface area contributed by atoms with Crippen molar-refractivity contribution in [3.63, 3.8) is 0 Å². The van der Waals surface area contributed by atoms with Gasteiger partial charge in [0.1, 0.15) is 12.4 Å². The van der Waals surface area contributed by atoms with Gasteiger partial charge in [-0.3, -0.25) is 4.79 Å². The number of likely N-dealkylation sites (tertiary alicyclic amines) is 1. The number of piperidine rings is 1. The number of hydrogen-bond donors (Lipinski definition) is 0. The smallest absolute Gasteiger partial charge is 0.253 e. The van der Waals surface area contributed by atoms with Crippen molar-refractivity contribution >= 4 is 11.6 Å². The summed E-state index contributed by atoms with van der Waals surface area (Å²) in [7, 11) is 0. The highest BCUT2D eigenvalue weighted by atomic mass is 19.1. The van der Waals surface area contributed by atoms with Gasteiger partial charge in [-0.2, -0.15) is 0 Å². The maximum Gasteiger partial charge on any atom is 0.253 e. The first-order chi connectivity index (χ1) is 12.2. The van der Waals surface area contributed by atoms with Gasteiger partial charge in [0.2, 0.25) is 0 Å². The highest BCUT2D eigenvalue weighted by Gasteiger charge is 2.43. The average Bonchev–Trinajstić information content (AvgIpc) is 2.65. The highest BCUT2D eigenvalue weighted by Crippen LogP contribution is 2.35. The fourth-order valence-electron chi connectivity index (χ4n) is 4.64. The molecule has 0 radical (unpaired) electrons. The summed E-state index contributed by atoms with van der Waals surface area (Å²) in [4.78, 5) is 16.6. The first kappa shape index (κ1) is 17.0. The molecule has 1 amide bonds. The van der Waals surface area contributed by atoms with Gasteiger partial charge in [0.15, 0.2) is 0 Å². The zero-order valence-corrected chi connectivity index (χ0v) is 14.8. The second-order valence-corrected chi connectivity index (χ2v) is 7.76. The molecule has 2 aliphatic heterocycles. The van der Waals surface area contributed by atoms with Gasteiger partial charge in [-0.25, -0.2) is 4.39 Å². The molecular formula is C20H27FN2O2. The quantitative estimate of drug-likeness (QED) is 0.823. The van der Waals surface area contributed by atoms with Crippen molar-refractivity contribution in [3.8, 4) is 0 Å². The molecule has 3 fully saturated rings. The van der Waals surface area contributed by atoms with Crippen LogP contribution in [0, 0.1) is 5.82 Å². The van der Waals surface area contributed by atoms with E-state index in [1.807, 2.05) is 0 Å². The molecule has 2 heterocycles. The largest absolute Gasteiger partial charge is 0.363 e. The van der Waals surface area contributed by atoms with Crippen LogP contribution >= 0.6 is 0 Å². The lowest BCUT2D eigenvalue weighted by Gasteiger charge is -2.48. The molecule has 0 aromatic heterocycles. The van der Waals surface area contributed by atoms with Crippen LogP contribution in [0.2, 0.25) is 0 Å². The molecule has 0 N–H and O–H groups in total. The Bertz CT molecular complexity index is 622. The summed E-state index contributed by atoms with van der Waals surface area (Å²) in [5, 5.41) is 0. The number of benzene rings is 1. The molecule has 1 aliphatic carbocycles. The topological polar surface area (TPSA) is 32.8 Å². The summed E-state index contributed by atoms with van der Waals surface area (Å²) in [6, 6.07) is 7.04. The third kappa shape index (κ3) is 3.58. The minimum atomic E-state index is -0.307. The molecule has 1 saturated carbocycles. The minimum absolute atomic E-state index is 0.0778. The van der Waals surface area contributed by atoms with Gasteiger partial charge in [0.05, 0.1) is 12.1 Å². The summed E-state index contributed by atoms with van der Waals surface area (Å²) in [6.45, 7) is 2.71. The van der Waals surface area contributed by atoms with Crippen LogP contribution in [0.4, 0.5) is 10.1 Å². The van der Waals surface area contributed by atoms with E-state index in [4.69, 9.17) is 4.74 Å². The Labute approximate surface area is 148 Å². The van der Waals surface area contributed by atoms with Crippen molar-refractivity contribution in [1.82, 2.24) is 4.90 Å². The van der Waals surface area contributed by atoms with Crippen molar-refractivity contribution in [2.45, 2.75) is 56.6 Å². The highest BCUT2D eigenvalue weighted by molar-refractivity contribution is 5.95. The molecule has 3 aliphatic rings.